The molecule has 0 saturated carbocycles. The number of benzene rings is 1. The summed E-state index contributed by atoms with van der Waals surface area (Å²) in [6.07, 6.45) is -6.64. The molecule has 0 aromatic heterocycles. The van der Waals surface area contributed by atoms with Crippen molar-refractivity contribution >= 4 is 21.7 Å². The van der Waals surface area contributed by atoms with Gasteiger partial charge in [0.2, 0.25) is 0 Å². The number of aliphatic hydroxyl groups is 1. The molecule has 118 valence electrons. The summed E-state index contributed by atoms with van der Waals surface area (Å²) in [5, 5.41) is 11.4. The number of carbonyl (C=O) groups is 1. The lowest BCUT2D eigenvalue weighted by Gasteiger charge is -2.17. The Labute approximate surface area is 129 Å². The van der Waals surface area contributed by atoms with Crippen molar-refractivity contribution in [2.24, 2.45) is 0 Å². The molecular formula is C14H17BrF3NO2. The van der Waals surface area contributed by atoms with E-state index in [9.17, 15) is 18.0 Å². The van der Waals surface area contributed by atoms with Gasteiger partial charge in [-0.1, -0.05) is 28.1 Å². The molecule has 0 aliphatic rings. The van der Waals surface area contributed by atoms with Crippen LogP contribution in [-0.2, 0) is 4.79 Å². The normalized spacial score (nSPS) is 14.8. The average molecular weight is 368 g/mol. The van der Waals surface area contributed by atoms with Gasteiger partial charge in [0.25, 0.3) is 0 Å². The Morgan fingerprint density at radius 1 is 1.33 bits per heavy atom. The molecule has 0 amide bonds. The van der Waals surface area contributed by atoms with E-state index in [4.69, 9.17) is 5.11 Å². The highest BCUT2D eigenvalue weighted by Crippen LogP contribution is 2.23. The molecule has 3 nitrogen and oxygen atoms in total. The van der Waals surface area contributed by atoms with Crippen molar-refractivity contribution in [2.45, 2.75) is 31.5 Å². The fourth-order valence-electron chi connectivity index (χ4n) is 1.90. The maximum absolute atomic E-state index is 12.1. The second-order valence-corrected chi connectivity index (χ2v) is 5.68. The summed E-state index contributed by atoms with van der Waals surface area (Å²) in [5.41, 5.74) is 0.823. The largest absolute Gasteiger partial charge is 0.415 e. The Hall–Kier alpha value is -0.920. The Balaban J connectivity index is 2.50. The van der Waals surface area contributed by atoms with Crippen LogP contribution in [0.1, 0.15) is 24.8 Å². The Morgan fingerprint density at radius 3 is 2.38 bits per heavy atom. The molecule has 0 aliphatic carbocycles. The van der Waals surface area contributed by atoms with Crippen LogP contribution in [0.4, 0.5) is 13.2 Å². The predicted octanol–water partition coefficient (Wildman–Crippen LogP) is 3.02. The van der Waals surface area contributed by atoms with Gasteiger partial charge in [-0.3, -0.25) is 4.79 Å². The molecule has 1 aromatic rings. The third-order valence-electron chi connectivity index (χ3n) is 3.09. The Kier molecular flexibility index (Phi) is 6.83. The average Bonchev–Trinajstić information content (AvgIpc) is 2.38. The first kappa shape index (κ1) is 18.1. The van der Waals surface area contributed by atoms with Crippen molar-refractivity contribution < 1.29 is 23.1 Å². The molecule has 7 heteroatoms. The van der Waals surface area contributed by atoms with Gasteiger partial charge in [0.1, 0.15) is 5.78 Å². The van der Waals surface area contributed by atoms with E-state index in [1.54, 1.807) is 12.1 Å². The third-order valence-corrected chi connectivity index (χ3v) is 3.62. The molecule has 0 bridgehead atoms. The van der Waals surface area contributed by atoms with Crippen molar-refractivity contribution in [1.29, 1.82) is 0 Å². The van der Waals surface area contributed by atoms with E-state index in [0.717, 1.165) is 10.0 Å². The second kappa shape index (κ2) is 7.91. The molecule has 0 aliphatic heterocycles. The van der Waals surface area contributed by atoms with Crippen LogP contribution in [0.5, 0.6) is 0 Å². The van der Waals surface area contributed by atoms with Gasteiger partial charge in [0.15, 0.2) is 6.10 Å². The minimum atomic E-state index is -4.63. The number of nitrogens with one attached hydrogen (secondary N) is 1. The third kappa shape index (κ3) is 6.15. The van der Waals surface area contributed by atoms with E-state index in [-0.39, 0.29) is 18.2 Å². The highest BCUT2D eigenvalue weighted by atomic mass is 79.9. The van der Waals surface area contributed by atoms with Gasteiger partial charge >= 0.3 is 6.18 Å². The van der Waals surface area contributed by atoms with Gasteiger partial charge in [-0.05, 0) is 37.6 Å². The van der Waals surface area contributed by atoms with Crippen molar-refractivity contribution in [1.82, 2.24) is 5.32 Å². The molecule has 0 fully saturated rings. The molecule has 2 unspecified atom stereocenters. The number of hydrogen-bond donors (Lipinski definition) is 2. The number of halogens is 4. The van der Waals surface area contributed by atoms with Crippen LogP contribution in [0.15, 0.2) is 28.7 Å². The number of carbonyl (C=O) groups excluding carboxylic acids is 1. The van der Waals surface area contributed by atoms with Crippen LogP contribution in [0.25, 0.3) is 0 Å². The molecule has 0 saturated heterocycles. The van der Waals surface area contributed by atoms with Crippen LogP contribution in [0.3, 0.4) is 0 Å². The maximum Gasteiger partial charge on any atom is 0.415 e. The molecule has 0 spiro atoms. The molecule has 0 radical (unpaired) electrons. The van der Waals surface area contributed by atoms with Crippen LogP contribution in [0.2, 0.25) is 0 Å². The zero-order valence-corrected chi connectivity index (χ0v) is 13.0. The molecule has 21 heavy (non-hydrogen) atoms. The SMILES string of the molecule is CC(=O)C(CCNCC(O)C(F)(F)F)c1ccc(Br)cc1. The van der Waals surface area contributed by atoms with Crippen molar-refractivity contribution in [3.63, 3.8) is 0 Å². The summed E-state index contributed by atoms with van der Waals surface area (Å²) < 4.78 is 37.2. The summed E-state index contributed by atoms with van der Waals surface area (Å²) >= 11 is 3.30. The molecular weight excluding hydrogens is 351 g/mol. The van der Waals surface area contributed by atoms with E-state index in [1.165, 1.54) is 6.92 Å². The van der Waals surface area contributed by atoms with Crippen LogP contribution >= 0.6 is 15.9 Å². The smallest absolute Gasteiger partial charge is 0.382 e. The van der Waals surface area contributed by atoms with Gasteiger partial charge < -0.3 is 10.4 Å². The molecule has 1 rings (SSSR count). The maximum atomic E-state index is 12.1. The quantitative estimate of drug-likeness (QED) is 0.728. The van der Waals surface area contributed by atoms with Crippen molar-refractivity contribution in [2.75, 3.05) is 13.1 Å². The van der Waals surface area contributed by atoms with Crippen LogP contribution < -0.4 is 5.32 Å². The van der Waals surface area contributed by atoms with Crippen molar-refractivity contribution in [3.8, 4) is 0 Å². The van der Waals surface area contributed by atoms with Gasteiger partial charge in [0, 0.05) is 16.9 Å². The molecule has 2 N–H and O–H groups in total. The van der Waals surface area contributed by atoms with E-state index in [0.29, 0.717) is 6.42 Å². The first-order valence-electron chi connectivity index (χ1n) is 6.43. The van der Waals surface area contributed by atoms with Crippen LogP contribution in [-0.4, -0.2) is 36.3 Å². The molecule has 0 heterocycles. The second-order valence-electron chi connectivity index (χ2n) is 4.76. The summed E-state index contributed by atoms with van der Waals surface area (Å²) in [6, 6.07) is 7.24. The lowest BCUT2D eigenvalue weighted by molar-refractivity contribution is -0.201. The summed E-state index contributed by atoms with van der Waals surface area (Å²) in [5.74, 6) is -0.413. The highest BCUT2D eigenvalue weighted by molar-refractivity contribution is 9.10. The minimum Gasteiger partial charge on any atom is -0.382 e. The van der Waals surface area contributed by atoms with Crippen LogP contribution in [0, 0.1) is 0 Å². The first-order valence-corrected chi connectivity index (χ1v) is 7.22. The monoisotopic (exact) mass is 367 g/mol. The predicted molar refractivity (Wildman–Crippen MR) is 77.1 cm³/mol. The lowest BCUT2D eigenvalue weighted by atomic mass is 9.92. The van der Waals surface area contributed by atoms with E-state index in [2.05, 4.69) is 21.2 Å². The van der Waals surface area contributed by atoms with Gasteiger partial charge in [0.05, 0.1) is 0 Å². The van der Waals surface area contributed by atoms with Crippen molar-refractivity contribution in [3.05, 3.63) is 34.3 Å². The van der Waals surface area contributed by atoms with Gasteiger partial charge in [-0.15, -0.1) is 0 Å². The molecule has 2 atom stereocenters. The first-order chi connectivity index (χ1) is 9.71. The lowest BCUT2D eigenvalue weighted by Crippen LogP contribution is -2.39. The Bertz CT molecular complexity index is 462. The number of hydrogen-bond acceptors (Lipinski definition) is 3. The van der Waals surface area contributed by atoms with Gasteiger partial charge in [-0.2, -0.15) is 13.2 Å². The topological polar surface area (TPSA) is 49.3 Å². The number of rotatable bonds is 7. The van der Waals surface area contributed by atoms with E-state index < -0.39 is 18.8 Å². The number of alkyl halides is 3. The zero-order chi connectivity index (χ0) is 16.0. The number of aliphatic hydroxyl groups excluding tert-OH is 1. The molecule has 1 aromatic carbocycles. The summed E-state index contributed by atoms with van der Waals surface area (Å²) in [4.78, 5) is 11.6. The highest BCUT2D eigenvalue weighted by Gasteiger charge is 2.37. The summed E-state index contributed by atoms with van der Waals surface area (Å²) in [6.45, 7) is 1.10. The number of ketones is 1. The van der Waals surface area contributed by atoms with Gasteiger partial charge in [-0.25, -0.2) is 0 Å². The minimum absolute atomic E-state index is 0.0458. The summed E-state index contributed by atoms with van der Waals surface area (Å²) in [7, 11) is 0. The van der Waals surface area contributed by atoms with E-state index >= 15 is 0 Å². The number of Topliss-reactive ketones (excluding diaryl/α,β-unsaturated/α-hetero) is 1. The fourth-order valence-corrected chi connectivity index (χ4v) is 2.16. The zero-order valence-electron chi connectivity index (χ0n) is 11.5. The Morgan fingerprint density at radius 2 is 1.90 bits per heavy atom. The standard InChI is InChI=1S/C14H17BrF3NO2/c1-9(20)12(10-2-4-11(15)5-3-10)6-7-19-8-13(21)14(16,17)18/h2-5,12-13,19,21H,6-8H2,1H3. The van der Waals surface area contributed by atoms with E-state index in [1.807, 2.05) is 12.1 Å². The fraction of sp³-hybridized carbons (Fsp3) is 0.500.